The predicted octanol–water partition coefficient (Wildman–Crippen LogP) is 5.61. The second kappa shape index (κ2) is 7.07. The molecule has 0 saturated carbocycles. The molecule has 5 rings (SSSR count). The molecule has 0 amide bonds. The average Bonchev–Trinajstić information content (AvgIpc) is 3.32. The van der Waals surface area contributed by atoms with Crippen LogP contribution in [0.5, 0.6) is 5.75 Å². The number of aromatic nitrogens is 2. The van der Waals surface area contributed by atoms with Gasteiger partial charge in [-0.1, -0.05) is 36.4 Å². The minimum Gasteiger partial charge on any atom is -0.507 e. The zero-order valence-corrected chi connectivity index (χ0v) is 16.5. The third-order valence-corrected chi connectivity index (χ3v) is 5.74. The number of nitrogens with zero attached hydrogens (tertiary/aromatic N) is 3. The Bertz CT molecular complexity index is 1370. The maximum atomic E-state index is 9.97. The third kappa shape index (κ3) is 3.13. The van der Waals surface area contributed by atoms with Gasteiger partial charge in [-0.25, -0.2) is 4.98 Å². The molecule has 0 bridgehead atoms. The van der Waals surface area contributed by atoms with Gasteiger partial charge in [0.25, 0.3) is 0 Å². The molecule has 5 aromatic rings. The number of nitrogens with one attached hydrogen (secondary N) is 1. The monoisotopic (exact) mass is 398 g/mol. The molecule has 0 fully saturated rings. The lowest BCUT2D eigenvalue weighted by molar-refractivity contribution is 0.477. The molecule has 0 aliphatic rings. The van der Waals surface area contributed by atoms with Crippen LogP contribution in [0, 0.1) is 0 Å². The first-order chi connectivity index (χ1) is 14.2. The number of rotatable bonds is 4. The van der Waals surface area contributed by atoms with E-state index in [-0.39, 0.29) is 5.75 Å². The Balaban J connectivity index is 1.39. The van der Waals surface area contributed by atoms with E-state index in [1.807, 2.05) is 17.5 Å². The Kier molecular flexibility index (Phi) is 4.26. The number of fused-ring (bicyclic) bond motifs is 3. The summed E-state index contributed by atoms with van der Waals surface area (Å²) >= 11 is 1.45. The second-order valence-electron chi connectivity index (χ2n) is 6.78. The summed E-state index contributed by atoms with van der Waals surface area (Å²) < 4.78 is 2.21. The van der Waals surface area contributed by atoms with Gasteiger partial charge in [0.15, 0.2) is 0 Å². The summed E-state index contributed by atoms with van der Waals surface area (Å²) in [6, 6.07) is 21.9. The van der Waals surface area contributed by atoms with Crippen molar-refractivity contribution >= 4 is 44.5 Å². The first-order valence-corrected chi connectivity index (χ1v) is 10.1. The molecule has 0 atom stereocenters. The summed E-state index contributed by atoms with van der Waals surface area (Å²) in [5.74, 6) is 0.219. The molecule has 29 heavy (non-hydrogen) atoms. The number of hydrogen-bond donors (Lipinski definition) is 2. The Morgan fingerprint density at radius 2 is 1.79 bits per heavy atom. The molecule has 142 valence electrons. The van der Waals surface area contributed by atoms with Gasteiger partial charge >= 0.3 is 0 Å². The van der Waals surface area contributed by atoms with E-state index in [0.29, 0.717) is 10.7 Å². The van der Waals surface area contributed by atoms with Gasteiger partial charge in [-0.05, 0) is 35.9 Å². The fourth-order valence-corrected chi connectivity index (χ4v) is 4.23. The highest BCUT2D eigenvalue weighted by Gasteiger charge is 2.09. The van der Waals surface area contributed by atoms with E-state index in [1.165, 1.54) is 33.1 Å². The van der Waals surface area contributed by atoms with Crippen LogP contribution in [0.4, 0.5) is 5.13 Å². The van der Waals surface area contributed by atoms with Crippen molar-refractivity contribution in [2.24, 2.45) is 12.1 Å². The lowest BCUT2D eigenvalue weighted by Gasteiger charge is -1.99. The normalized spacial score (nSPS) is 11.6. The Labute approximate surface area is 171 Å². The molecule has 0 spiro atoms. The number of anilines is 1. The number of aromatic hydroxyl groups is 1. The van der Waals surface area contributed by atoms with E-state index in [0.717, 1.165) is 11.3 Å². The number of hydrazone groups is 1. The SMILES string of the molecule is Cn1c2ccccc2c2cc(C=NNc3nc(-c4ccccc4O)cs3)ccc21. The second-order valence-corrected chi connectivity index (χ2v) is 7.64. The fourth-order valence-electron chi connectivity index (χ4n) is 3.57. The number of para-hydroxylation sites is 2. The molecule has 2 heterocycles. The standard InChI is InChI=1S/C23H18N4OS/c1-27-20-8-4-2-6-16(20)18-12-15(10-11-21(18)27)13-24-26-23-25-19(14-29-23)17-7-3-5-9-22(17)28/h2-14,28H,1H3,(H,25,26). The molecule has 2 N–H and O–H groups in total. The molecule has 6 heteroatoms. The van der Waals surface area contributed by atoms with Crippen LogP contribution in [0.2, 0.25) is 0 Å². The van der Waals surface area contributed by atoms with Crippen LogP contribution in [0.15, 0.2) is 77.2 Å². The van der Waals surface area contributed by atoms with E-state index < -0.39 is 0 Å². The molecule has 0 aliphatic carbocycles. The van der Waals surface area contributed by atoms with Gasteiger partial charge in [-0.2, -0.15) is 5.10 Å². The van der Waals surface area contributed by atoms with Crippen molar-refractivity contribution in [3.63, 3.8) is 0 Å². The van der Waals surface area contributed by atoms with Gasteiger partial charge in [-0.3, -0.25) is 5.43 Å². The van der Waals surface area contributed by atoms with Crippen molar-refractivity contribution in [1.82, 2.24) is 9.55 Å². The number of phenols is 1. The van der Waals surface area contributed by atoms with Crippen molar-refractivity contribution in [1.29, 1.82) is 0 Å². The summed E-state index contributed by atoms with van der Waals surface area (Å²) in [6.07, 6.45) is 1.79. The zero-order chi connectivity index (χ0) is 19.8. The van der Waals surface area contributed by atoms with Crippen LogP contribution in [0.1, 0.15) is 5.56 Å². The Morgan fingerprint density at radius 3 is 2.69 bits per heavy atom. The molecule has 0 aliphatic heterocycles. The van der Waals surface area contributed by atoms with Crippen LogP contribution < -0.4 is 5.43 Å². The lowest BCUT2D eigenvalue weighted by atomic mass is 10.1. The molecule has 3 aromatic carbocycles. The highest BCUT2D eigenvalue weighted by Crippen LogP contribution is 2.31. The summed E-state index contributed by atoms with van der Waals surface area (Å²) in [5, 5.41) is 19.3. The van der Waals surface area contributed by atoms with Crippen LogP contribution in [-0.2, 0) is 7.05 Å². The fraction of sp³-hybridized carbons (Fsp3) is 0.0435. The first-order valence-electron chi connectivity index (χ1n) is 9.21. The topological polar surface area (TPSA) is 62.4 Å². The van der Waals surface area contributed by atoms with Crippen molar-refractivity contribution < 1.29 is 5.11 Å². The quantitative estimate of drug-likeness (QED) is 0.306. The van der Waals surface area contributed by atoms with Gasteiger partial charge < -0.3 is 9.67 Å². The van der Waals surface area contributed by atoms with Crippen molar-refractivity contribution in [3.05, 3.63) is 77.7 Å². The average molecular weight is 398 g/mol. The zero-order valence-electron chi connectivity index (χ0n) is 15.7. The summed E-state index contributed by atoms with van der Waals surface area (Å²) in [5.41, 5.74) is 7.85. The highest BCUT2D eigenvalue weighted by atomic mass is 32.1. The Morgan fingerprint density at radius 1 is 1.00 bits per heavy atom. The molecule has 2 aromatic heterocycles. The number of hydrogen-bond acceptors (Lipinski definition) is 5. The largest absolute Gasteiger partial charge is 0.507 e. The van der Waals surface area contributed by atoms with E-state index in [9.17, 15) is 5.11 Å². The van der Waals surface area contributed by atoms with Crippen LogP contribution in [-0.4, -0.2) is 20.9 Å². The van der Waals surface area contributed by atoms with E-state index >= 15 is 0 Å². The number of aryl methyl sites for hydroxylation is 1. The molecule has 0 radical (unpaired) electrons. The number of benzene rings is 3. The smallest absolute Gasteiger partial charge is 0.203 e. The van der Waals surface area contributed by atoms with Gasteiger partial charge in [0.2, 0.25) is 5.13 Å². The summed E-state index contributed by atoms with van der Waals surface area (Å²) in [4.78, 5) is 4.50. The Hall–Kier alpha value is -3.64. The molecule has 5 nitrogen and oxygen atoms in total. The third-order valence-electron chi connectivity index (χ3n) is 5.00. The maximum Gasteiger partial charge on any atom is 0.203 e. The van der Waals surface area contributed by atoms with Crippen molar-refractivity contribution in [2.75, 3.05) is 5.43 Å². The van der Waals surface area contributed by atoms with Gasteiger partial charge in [0.1, 0.15) is 5.75 Å². The van der Waals surface area contributed by atoms with Crippen LogP contribution in [0.3, 0.4) is 0 Å². The maximum absolute atomic E-state index is 9.97. The van der Waals surface area contributed by atoms with Crippen LogP contribution in [0.25, 0.3) is 33.1 Å². The van der Waals surface area contributed by atoms with E-state index in [4.69, 9.17) is 0 Å². The minimum atomic E-state index is 0.219. The number of phenolic OH excluding ortho intramolecular Hbond substituents is 1. The molecule has 0 saturated heterocycles. The van der Waals surface area contributed by atoms with E-state index in [1.54, 1.807) is 18.3 Å². The first kappa shape index (κ1) is 17.5. The minimum absolute atomic E-state index is 0.219. The summed E-state index contributed by atoms with van der Waals surface area (Å²) in [6.45, 7) is 0. The number of thiazole rings is 1. The van der Waals surface area contributed by atoms with Gasteiger partial charge in [-0.15, -0.1) is 11.3 Å². The molecule has 0 unspecified atom stereocenters. The van der Waals surface area contributed by atoms with Gasteiger partial charge in [0, 0.05) is 39.8 Å². The molecular weight excluding hydrogens is 380 g/mol. The summed E-state index contributed by atoms with van der Waals surface area (Å²) in [7, 11) is 2.09. The van der Waals surface area contributed by atoms with Crippen molar-refractivity contribution in [3.8, 4) is 17.0 Å². The predicted molar refractivity (Wildman–Crippen MR) is 121 cm³/mol. The van der Waals surface area contributed by atoms with Crippen LogP contribution >= 0.6 is 11.3 Å². The van der Waals surface area contributed by atoms with Gasteiger partial charge in [0.05, 0.1) is 11.9 Å². The lowest BCUT2D eigenvalue weighted by Crippen LogP contribution is -1.91. The highest BCUT2D eigenvalue weighted by molar-refractivity contribution is 7.14. The van der Waals surface area contributed by atoms with E-state index in [2.05, 4.69) is 69.6 Å². The van der Waals surface area contributed by atoms with Crippen molar-refractivity contribution in [2.45, 2.75) is 0 Å². The molecular formula is C23H18N4OS.